The van der Waals surface area contributed by atoms with Gasteiger partial charge in [0.05, 0.1) is 61.6 Å². The summed E-state index contributed by atoms with van der Waals surface area (Å²) in [6.45, 7) is 0. The van der Waals surface area contributed by atoms with E-state index < -0.39 is 47.0 Å². The molecule has 0 aliphatic rings. The largest absolute Gasteiger partial charge is 0.416 e. The van der Waals surface area contributed by atoms with Crippen LogP contribution in [0.2, 0.25) is 0 Å². The molecule has 16 heteroatoms. The number of hydrogen-bond donors (Lipinski definition) is 0. The van der Waals surface area contributed by atoms with Crippen LogP contribution in [-0.4, -0.2) is 14.1 Å². The van der Waals surface area contributed by atoms with Crippen molar-refractivity contribution in [3.8, 4) is 50.8 Å². The molecule has 0 spiro atoms. The van der Waals surface area contributed by atoms with E-state index >= 15 is 0 Å². The van der Waals surface area contributed by atoms with Crippen molar-refractivity contribution in [3.63, 3.8) is 0 Å². The summed E-state index contributed by atoms with van der Waals surface area (Å²) in [5.41, 5.74) is -1.74. The maximum absolute atomic E-state index is 13.9. The Balaban J connectivity index is 1.14. The Morgan fingerprint density at radius 2 is 0.838 bits per heavy atom. The number of nitriles is 1. The van der Waals surface area contributed by atoms with E-state index in [1.807, 2.05) is 9.13 Å². The number of aromatic nitrogens is 3. The van der Waals surface area contributed by atoms with Gasteiger partial charge in [0, 0.05) is 50.8 Å². The molecule has 0 atom stereocenters. The number of alkyl halides is 12. The molecule has 4 nitrogen and oxygen atoms in total. The second kappa shape index (κ2) is 15.5. The smallest absolute Gasteiger partial charge is 0.309 e. The summed E-state index contributed by atoms with van der Waals surface area (Å²) in [4.78, 5) is 4.40. The molecule has 0 aliphatic carbocycles. The number of hydrogen-bond acceptors (Lipinski definition) is 2. The van der Waals surface area contributed by atoms with Crippen molar-refractivity contribution in [1.82, 2.24) is 14.1 Å². The lowest BCUT2D eigenvalue weighted by Crippen LogP contribution is -2.11. The van der Waals surface area contributed by atoms with E-state index in [9.17, 15) is 57.9 Å². The predicted octanol–water partition coefficient (Wildman–Crippen LogP) is 16.2. The van der Waals surface area contributed by atoms with E-state index in [1.54, 1.807) is 91.1 Å². The van der Waals surface area contributed by atoms with Gasteiger partial charge in [-0.15, -0.1) is 0 Å². The van der Waals surface area contributed by atoms with Crippen molar-refractivity contribution in [1.29, 1.82) is 5.26 Å². The van der Waals surface area contributed by atoms with Crippen molar-refractivity contribution < 1.29 is 52.7 Å². The van der Waals surface area contributed by atoms with Crippen LogP contribution in [0.1, 0.15) is 27.8 Å². The number of halogens is 12. The number of pyridine rings is 1. The highest BCUT2D eigenvalue weighted by molar-refractivity contribution is 6.12. The van der Waals surface area contributed by atoms with Crippen molar-refractivity contribution >= 4 is 43.6 Å². The molecule has 68 heavy (non-hydrogen) atoms. The normalized spacial score (nSPS) is 12.7. The molecular weight excluding hydrogens is 909 g/mol. The van der Waals surface area contributed by atoms with Gasteiger partial charge in [-0.1, -0.05) is 48.5 Å². The van der Waals surface area contributed by atoms with Gasteiger partial charge in [0.2, 0.25) is 0 Å². The van der Waals surface area contributed by atoms with Gasteiger partial charge in [0.1, 0.15) is 0 Å². The Morgan fingerprint density at radius 3 is 1.31 bits per heavy atom. The van der Waals surface area contributed by atoms with E-state index in [0.717, 1.165) is 0 Å². The maximum atomic E-state index is 13.9. The molecule has 0 fully saturated rings. The van der Waals surface area contributed by atoms with Gasteiger partial charge in [-0.2, -0.15) is 57.9 Å². The SMILES string of the molecule is N#Cc1ccc(-n2c3ccccc3c3cc(-c4cc(C(F)(F)F)cc(C(F)(F)F)c4)ccc32)cc1-c1cnccc1-n1c2ccccc2c2cc(-c3cc(C(F)(F)F)cc(C(F)(F)F)c3)ccc21. The quantitative estimate of drug-likeness (QED) is 0.161. The third-order valence-electron chi connectivity index (χ3n) is 11.9. The van der Waals surface area contributed by atoms with Gasteiger partial charge in [-0.05, 0) is 119 Å². The first kappa shape index (κ1) is 43.8. The van der Waals surface area contributed by atoms with Crippen LogP contribution in [0.25, 0.3) is 88.4 Å². The third kappa shape index (κ3) is 7.53. The molecule has 10 aromatic rings. The fourth-order valence-electron chi connectivity index (χ4n) is 8.87. The second-order valence-corrected chi connectivity index (χ2v) is 16.0. The minimum atomic E-state index is -5.05. The molecule has 10 rings (SSSR count). The lowest BCUT2D eigenvalue weighted by atomic mass is 9.97. The summed E-state index contributed by atoms with van der Waals surface area (Å²) in [5.74, 6) is 0. The average molecular weight is 935 g/mol. The van der Waals surface area contributed by atoms with Crippen LogP contribution in [0, 0.1) is 11.3 Å². The molecule has 0 N–H and O–H groups in total. The fourth-order valence-corrected chi connectivity index (χ4v) is 8.87. The minimum absolute atomic E-state index is 0.0730. The Hall–Kier alpha value is -8.06. The second-order valence-electron chi connectivity index (χ2n) is 16.0. The molecular formula is C52H26F12N4. The van der Waals surface area contributed by atoms with Crippen molar-refractivity contribution in [2.45, 2.75) is 24.7 Å². The number of nitrogens with zero attached hydrogens (tertiary/aromatic N) is 4. The van der Waals surface area contributed by atoms with E-state index in [0.29, 0.717) is 90.4 Å². The molecule has 0 aliphatic heterocycles. The van der Waals surface area contributed by atoms with Crippen LogP contribution in [0.3, 0.4) is 0 Å². The fraction of sp³-hybridized carbons (Fsp3) is 0.0769. The molecule has 3 heterocycles. The summed E-state index contributed by atoms with van der Waals surface area (Å²) in [6, 6.07) is 35.1. The molecule has 0 unspecified atom stereocenters. The predicted molar refractivity (Wildman–Crippen MR) is 234 cm³/mol. The molecule has 0 amide bonds. The number of benzene rings is 7. The van der Waals surface area contributed by atoms with Gasteiger partial charge in [0.15, 0.2) is 0 Å². The molecule has 3 aromatic heterocycles. The lowest BCUT2D eigenvalue weighted by Gasteiger charge is -2.17. The van der Waals surface area contributed by atoms with Gasteiger partial charge >= 0.3 is 24.7 Å². The van der Waals surface area contributed by atoms with Crippen LogP contribution in [-0.2, 0) is 24.7 Å². The first-order valence-corrected chi connectivity index (χ1v) is 20.3. The van der Waals surface area contributed by atoms with Crippen LogP contribution in [0.5, 0.6) is 0 Å². The van der Waals surface area contributed by atoms with Crippen LogP contribution >= 0.6 is 0 Å². The van der Waals surface area contributed by atoms with Gasteiger partial charge in [-0.3, -0.25) is 4.98 Å². The molecule has 0 saturated carbocycles. The first-order valence-electron chi connectivity index (χ1n) is 20.3. The Kier molecular flexibility index (Phi) is 9.99. The summed E-state index contributed by atoms with van der Waals surface area (Å²) in [6.07, 6.45) is -17.1. The Bertz CT molecular complexity index is 3650. The highest BCUT2D eigenvalue weighted by atomic mass is 19.4. The molecule has 7 aromatic carbocycles. The average Bonchev–Trinajstić information content (AvgIpc) is 3.82. The topological polar surface area (TPSA) is 46.5 Å². The zero-order valence-corrected chi connectivity index (χ0v) is 34.3. The van der Waals surface area contributed by atoms with E-state index in [1.165, 1.54) is 30.5 Å². The minimum Gasteiger partial charge on any atom is -0.309 e. The molecule has 0 radical (unpaired) electrons. The zero-order chi connectivity index (χ0) is 48.1. The van der Waals surface area contributed by atoms with Crippen LogP contribution in [0.15, 0.2) is 158 Å². The Labute approximate surface area is 376 Å². The van der Waals surface area contributed by atoms with E-state index in [-0.39, 0.29) is 39.9 Å². The van der Waals surface area contributed by atoms with Gasteiger partial charge < -0.3 is 9.13 Å². The number of rotatable bonds is 5. The highest BCUT2D eigenvalue weighted by Gasteiger charge is 2.38. The zero-order valence-electron chi connectivity index (χ0n) is 34.3. The number of fused-ring (bicyclic) bond motifs is 6. The summed E-state index contributed by atoms with van der Waals surface area (Å²) in [5, 5.41) is 12.8. The lowest BCUT2D eigenvalue weighted by molar-refractivity contribution is -0.144. The molecule has 338 valence electrons. The van der Waals surface area contributed by atoms with Crippen molar-refractivity contribution in [3.05, 3.63) is 186 Å². The molecule has 0 saturated heterocycles. The van der Waals surface area contributed by atoms with Gasteiger partial charge in [-0.25, -0.2) is 0 Å². The summed E-state index contributed by atoms with van der Waals surface area (Å²) < 4.78 is 170. The van der Waals surface area contributed by atoms with E-state index in [2.05, 4.69) is 11.1 Å². The summed E-state index contributed by atoms with van der Waals surface area (Å²) >= 11 is 0. The van der Waals surface area contributed by atoms with Crippen molar-refractivity contribution in [2.24, 2.45) is 0 Å². The number of para-hydroxylation sites is 2. The highest BCUT2D eigenvalue weighted by Crippen LogP contribution is 2.44. The van der Waals surface area contributed by atoms with Crippen LogP contribution in [0.4, 0.5) is 52.7 Å². The third-order valence-corrected chi connectivity index (χ3v) is 11.9. The van der Waals surface area contributed by atoms with E-state index in [4.69, 9.17) is 0 Å². The standard InChI is InChI=1S/C52H26F12N4/c53-49(54,55)33-17-31(18-34(23-33)50(56,57)58)28-10-13-46-41(21-28)38-5-1-3-7-44(38)67(46)37-12-9-30(26-65)40(25-37)43-27-66-16-15-48(43)68-45-8-4-2-6-39(45)42-22-29(11-14-47(42)68)32-19-35(51(59,60)61)24-36(20-32)52(62,63)64/h1-25,27H. The summed E-state index contributed by atoms with van der Waals surface area (Å²) in [7, 11) is 0. The van der Waals surface area contributed by atoms with Crippen LogP contribution < -0.4 is 0 Å². The Morgan fingerprint density at radius 1 is 0.397 bits per heavy atom. The molecule has 0 bridgehead atoms. The first-order chi connectivity index (χ1) is 32.2. The maximum Gasteiger partial charge on any atom is 0.416 e. The van der Waals surface area contributed by atoms with Crippen molar-refractivity contribution in [2.75, 3.05) is 0 Å². The monoisotopic (exact) mass is 934 g/mol. The van der Waals surface area contributed by atoms with Gasteiger partial charge in [0.25, 0.3) is 0 Å².